The van der Waals surface area contributed by atoms with Crippen LogP contribution in [0.5, 0.6) is 0 Å². The highest BCUT2D eigenvalue weighted by atomic mass is 15.1. The summed E-state index contributed by atoms with van der Waals surface area (Å²) in [6, 6.07) is 3.49. The molecule has 0 aliphatic carbocycles. The number of rotatable bonds is 1. The number of hydrogen-bond donors (Lipinski definition) is 2. The van der Waals surface area contributed by atoms with Crippen LogP contribution >= 0.6 is 0 Å². The molecule has 0 saturated carbocycles. The van der Waals surface area contributed by atoms with Crippen LogP contribution in [0.1, 0.15) is 11.1 Å². The normalized spacial score (nSPS) is 8.60. The fourth-order valence-corrected chi connectivity index (χ4v) is 1.08. The molecule has 0 aliphatic rings. The van der Waals surface area contributed by atoms with E-state index in [0.29, 0.717) is 11.4 Å². The SMILES string of the molecule is Cc1cc(N)c(N)cc1C#CCN=[N+]=[N-]. The summed E-state index contributed by atoms with van der Waals surface area (Å²) in [7, 11) is 0. The highest BCUT2D eigenvalue weighted by Crippen LogP contribution is 2.19. The molecule has 0 aliphatic heterocycles. The largest absolute Gasteiger partial charge is 0.397 e. The van der Waals surface area contributed by atoms with Gasteiger partial charge in [-0.1, -0.05) is 17.0 Å². The molecule has 1 rings (SSSR count). The standard InChI is InChI=1S/C10H11N5/c1-7-5-9(11)10(12)6-8(7)3-2-4-14-15-13/h5-6H,4,11-12H2,1H3. The molecule has 5 nitrogen and oxygen atoms in total. The molecule has 5 heteroatoms. The first kappa shape index (κ1) is 10.8. The summed E-state index contributed by atoms with van der Waals surface area (Å²) >= 11 is 0. The van der Waals surface area contributed by atoms with Gasteiger partial charge in [0.05, 0.1) is 17.9 Å². The fourth-order valence-electron chi connectivity index (χ4n) is 1.08. The van der Waals surface area contributed by atoms with Gasteiger partial charge in [-0.15, -0.1) is 0 Å². The van der Waals surface area contributed by atoms with Gasteiger partial charge >= 0.3 is 0 Å². The Kier molecular flexibility index (Phi) is 3.44. The van der Waals surface area contributed by atoms with Gasteiger partial charge < -0.3 is 11.5 Å². The van der Waals surface area contributed by atoms with Crippen LogP contribution in [0.3, 0.4) is 0 Å². The third-order valence-corrected chi connectivity index (χ3v) is 1.87. The topological polar surface area (TPSA) is 101 Å². The summed E-state index contributed by atoms with van der Waals surface area (Å²) in [5, 5.41) is 3.31. The van der Waals surface area contributed by atoms with Crippen molar-refractivity contribution in [3.8, 4) is 11.8 Å². The van der Waals surface area contributed by atoms with Crippen LogP contribution in [0.25, 0.3) is 10.4 Å². The maximum absolute atomic E-state index is 8.05. The fraction of sp³-hybridized carbons (Fsp3) is 0.200. The second kappa shape index (κ2) is 4.80. The number of nitrogens with two attached hydrogens (primary N) is 2. The summed E-state index contributed by atoms with van der Waals surface area (Å²) in [5.74, 6) is 5.59. The third-order valence-electron chi connectivity index (χ3n) is 1.87. The molecule has 0 saturated heterocycles. The lowest BCUT2D eigenvalue weighted by atomic mass is 10.1. The summed E-state index contributed by atoms with van der Waals surface area (Å²) in [6.07, 6.45) is 0. The van der Waals surface area contributed by atoms with E-state index >= 15 is 0 Å². The number of nitrogen functional groups attached to an aromatic ring is 2. The van der Waals surface area contributed by atoms with Crippen molar-refractivity contribution in [2.45, 2.75) is 6.92 Å². The summed E-state index contributed by atoms with van der Waals surface area (Å²) in [5.41, 5.74) is 22.1. The molecule has 0 heterocycles. The Morgan fingerprint density at radius 3 is 2.73 bits per heavy atom. The monoisotopic (exact) mass is 201 g/mol. The average molecular weight is 201 g/mol. The predicted octanol–water partition coefficient (Wildman–Crippen LogP) is 1.82. The van der Waals surface area contributed by atoms with Gasteiger partial charge in [0.15, 0.2) is 0 Å². The van der Waals surface area contributed by atoms with Crippen molar-refractivity contribution < 1.29 is 0 Å². The van der Waals surface area contributed by atoms with E-state index in [0.717, 1.165) is 11.1 Å². The molecule has 76 valence electrons. The van der Waals surface area contributed by atoms with E-state index in [1.54, 1.807) is 12.1 Å². The Morgan fingerprint density at radius 1 is 1.40 bits per heavy atom. The Hall–Kier alpha value is -2.31. The van der Waals surface area contributed by atoms with Crippen molar-refractivity contribution in [2.75, 3.05) is 18.0 Å². The smallest absolute Gasteiger partial charge is 0.0880 e. The molecule has 1 aromatic rings. The van der Waals surface area contributed by atoms with Crippen LogP contribution in [-0.4, -0.2) is 6.54 Å². The molecule has 0 fully saturated rings. The molecule has 4 N–H and O–H groups in total. The minimum absolute atomic E-state index is 0.153. The molecule has 15 heavy (non-hydrogen) atoms. The Morgan fingerprint density at radius 2 is 2.07 bits per heavy atom. The molecule has 0 atom stereocenters. The number of nitrogens with zero attached hydrogens (tertiary/aromatic N) is 3. The summed E-state index contributed by atoms with van der Waals surface area (Å²) in [4.78, 5) is 2.60. The van der Waals surface area contributed by atoms with E-state index in [4.69, 9.17) is 17.0 Å². The lowest BCUT2D eigenvalue weighted by Crippen LogP contribution is -1.96. The zero-order valence-corrected chi connectivity index (χ0v) is 8.36. The number of aryl methyl sites for hydroxylation is 1. The molecule has 0 unspecified atom stereocenters. The van der Waals surface area contributed by atoms with Gasteiger partial charge in [-0.25, -0.2) is 0 Å². The van der Waals surface area contributed by atoms with Crippen LogP contribution in [-0.2, 0) is 0 Å². The van der Waals surface area contributed by atoms with Gasteiger partial charge in [-0.2, -0.15) is 0 Å². The van der Waals surface area contributed by atoms with E-state index in [1.165, 1.54) is 0 Å². The van der Waals surface area contributed by atoms with E-state index in [2.05, 4.69) is 21.9 Å². The van der Waals surface area contributed by atoms with Crippen molar-refractivity contribution in [1.82, 2.24) is 0 Å². The van der Waals surface area contributed by atoms with Crippen molar-refractivity contribution >= 4 is 11.4 Å². The predicted molar refractivity (Wildman–Crippen MR) is 60.9 cm³/mol. The van der Waals surface area contributed by atoms with Crippen molar-refractivity contribution in [2.24, 2.45) is 5.11 Å². The third kappa shape index (κ3) is 2.83. The molecule has 0 spiro atoms. The van der Waals surface area contributed by atoms with Crippen molar-refractivity contribution in [1.29, 1.82) is 0 Å². The van der Waals surface area contributed by atoms with E-state index in [-0.39, 0.29) is 6.54 Å². The number of azide groups is 1. The molecule has 0 radical (unpaired) electrons. The molecule has 0 amide bonds. The zero-order chi connectivity index (χ0) is 11.3. The zero-order valence-electron chi connectivity index (χ0n) is 8.36. The Balaban J connectivity index is 2.98. The minimum atomic E-state index is 0.153. The maximum atomic E-state index is 8.05. The molecular formula is C10H11N5. The van der Waals surface area contributed by atoms with E-state index in [1.807, 2.05) is 6.92 Å². The summed E-state index contributed by atoms with van der Waals surface area (Å²) in [6.45, 7) is 2.05. The number of anilines is 2. The molecule has 1 aromatic carbocycles. The van der Waals surface area contributed by atoms with Crippen LogP contribution < -0.4 is 11.5 Å². The van der Waals surface area contributed by atoms with Gasteiger partial charge in [0.25, 0.3) is 0 Å². The number of benzene rings is 1. The quantitative estimate of drug-likeness (QED) is 0.238. The highest BCUT2D eigenvalue weighted by molar-refractivity contribution is 5.67. The van der Waals surface area contributed by atoms with Gasteiger partial charge in [0, 0.05) is 10.5 Å². The average Bonchev–Trinajstić information content (AvgIpc) is 2.20. The first-order valence-corrected chi connectivity index (χ1v) is 4.30. The van der Waals surface area contributed by atoms with Crippen LogP contribution in [0.15, 0.2) is 17.2 Å². The van der Waals surface area contributed by atoms with Gasteiger partial charge in [0.2, 0.25) is 0 Å². The molecule has 0 bridgehead atoms. The second-order valence-corrected chi connectivity index (χ2v) is 2.99. The van der Waals surface area contributed by atoms with Gasteiger partial charge in [0.1, 0.15) is 0 Å². The summed E-state index contributed by atoms with van der Waals surface area (Å²) < 4.78 is 0. The van der Waals surface area contributed by atoms with Crippen molar-refractivity contribution in [3.63, 3.8) is 0 Å². The maximum Gasteiger partial charge on any atom is 0.0880 e. The van der Waals surface area contributed by atoms with Crippen LogP contribution in [0, 0.1) is 18.8 Å². The second-order valence-electron chi connectivity index (χ2n) is 2.99. The minimum Gasteiger partial charge on any atom is -0.397 e. The van der Waals surface area contributed by atoms with Gasteiger partial charge in [-0.3, -0.25) is 0 Å². The van der Waals surface area contributed by atoms with E-state index < -0.39 is 0 Å². The van der Waals surface area contributed by atoms with Crippen LogP contribution in [0.2, 0.25) is 0 Å². The Labute approximate surface area is 87.7 Å². The lowest BCUT2D eigenvalue weighted by Gasteiger charge is -2.03. The lowest BCUT2D eigenvalue weighted by molar-refractivity contribution is 1.25. The highest BCUT2D eigenvalue weighted by Gasteiger charge is 1.99. The molecule has 0 aromatic heterocycles. The first-order chi connectivity index (χ1) is 7.15. The van der Waals surface area contributed by atoms with Gasteiger partial charge in [-0.05, 0) is 30.2 Å². The van der Waals surface area contributed by atoms with Crippen LogP contribution in [0.4, 0.5) is 11.4 Å². The number of hydrogen-bond acceptors (Lipinski definition) is 3. The Bertz CT molecular complexity index is 475. The van der Waals surface area contributed by atoms with E-state index in [9.17, 15) is 0 Å². The molecular weight excluding hydrogens is 190 g/mol. The first-order valence-electron chi connectivity index (χ1n) is 4.30. The van der Waals surface area contributed by atoms with Crippen molar-refractivity contribution in [3.05, 3.63) is 33.7 Å².